The largest absolute Gasteiger partial charge is 0.312 e. The van der Waals surface area contributed by atoms with Crippen molar-refractivity contribution in [1.82, 2.24) is 5.32 Å². The van der Waals surface area contributed by atoms with Crippen LogP contribution in [0, 0.1) is 0 Å². The zero-order valence-electron chi connectivity index (χ0n) is 11.1. The molecule has 0 aliphatic heterocycles. The second kappa shape index (κ2) is 7.00. The van der Waals surface area contributed by atoms with Crippen LogP contribution in [0.4, 0.5) is 0 Å². The van der Waals surface area contributed by atoms with Crippen LogP contribution in [-0.4, -0.2) is 12.1 Å². The Morgan fingerprint density at radius 3 is 2.06 bits per heavy atom. The maximum absolute atomic E-state index is 6.14. The molecule has 18 heavy (non-hydrogen) atoms. The lowest BCUT2D eigenvalue weighted by Crippen LogP contribution is -2.36. The average molecular weight is 309 g/mol. The van der Waals surface area contributed by atoms with Crippen LogP contribution in [0.25, 0.3) is 0 Å². The molecule has 0 aromatic heterocycles. The van der Waals surface area contributed by atoms with Crippen LogP contribution in [0.5, 0.6) is 0 Å². The predicted octanol–water partition coefficient (Wildman–Crippen LogP) is 5.36. The Morgan fingerprint density at radius 1 is 1.00 bits per heavy atom. The van der Waals surface area contributed by atoms with Gasteiger partial charge in [0.05, 0.1) is 0 Å². The van der Waals surface area contributed by atoms with Gasteiger partial charge in [-0.25, -0.2) is 0 Å². The Labute approximate surface area is 125 Å². The summed E-state index contributed by atoms with van der Waals surface area (Å²) in [6.07, 6.45) is 3.05. The fraction of sp³-hybridized carbons (Fsp3) is 0.571. The fourth-order valence-electron chi connectivity index (χ4n) is 1.70. The molecule has 0 radical (unpaired) electrons. The highest BCUT2D eigenvalue weighted by atomic mass is 35.5. The van der Waals surface area contributed by atoms with Gasteiger partial charge in [-0.05, 0) is 64.3 Å². The number of halogens is 3. The van der Waals surface area contributed by atoms with Crippen LogP contribution in [0.3, 0.4) is 0 Å². The van der Waals surface area contributed by atoms with Crippen LogP contribution in [0.1, 0.15) is 39.2 Å². The highest BCUT2D eigenvalue weighted by Gasteiger charge is 2.09. The van der Waals surface area contributed by atoms with Gasteiger partial charge in [0, 0.05) is 20.6 Å². The summed E-state index contributed by atoms with van der Waals surface area (Å²) < 4.78 is 0. The third kappa shape index (κ3) is 5.79. The van der Waals surface area contributed by atoms with Crippen molar-refractivity contribution < 1.29 is 0 Å². The highest BCUT2D eigenvalue weighted by molar-refractivity contribution is 6.39. The zero-order chi connectivity index (χ0) is 13.8. The minimum absolute atomic E-state index is 0.176. The number of hydrogen-bond acceptors (Lipinski definition) is 1. The minimum Gasteiger partial charge on any atom is -0.312 e. The molecule has 0 unspecified atom stereocenters. The van der Waals surface area contributed by atoms with Gasteiger partial charge in [-0.3, -0.25) is 0 Å². The molecule has 1 rings (SSSR count). The van der Waals surface area contributed by atoms with Crippen LogP contribution in [0.15, 0.2) is 12.1 Å². The Balaban J connectivity index is 2.41. The third-order valence-electron chi connectivity index (χ3n) is 2.61. The second-order valence-electron chi connectivity index (χ2n) is 5.48. The quantitative estimate of drug-likeness (QED) is 0.722. The van der Waals surface area contributed by atoms with Crippen molar-refractivity contribution in [2.75, 3.05) is 6.54 Å². The highest BCUT2D eigenvalue weighted by Crippen LogP contribution is 2.30. The van der Waals surface area contributed by atoms with E-state index in [1.165, 1.54) is 0 Å². The van der Waals surface area contributed by atoms with Crippen molar-refractivity contribution in [3.8, 4) is 0 Å². The van der Waals surface area contributed by atoms with Gasteiger partial charge in [-0.1, -0.05) is 34.8 Å². The molecule has 1 aromatic rings. The van der Waals surface area contributed by atoms with Crippen molar-refractivity contribution in [2.45, 2.75) is 45.6 Å². The van der Waals surface area contributed by atoms with Crippen molar-refractivity contribution in [3.63, 3.8) is 0 Å². The summed E-state index contributed by atoms with van der Waals surface area (Å²) >= 11 is 18.1. The fourth-order valence-corrected chi connectivity index (χ4v) is 2.71. The Hall–Kier alpha value is 0.0500. The van der Waals surface area contributed by atoms with Crippen LogP contribution in [-0.2, 0) is 6.42 Å². The zero-order valence-corrected chi connectivity index (χ0v) is 13.4. The van der Waals surface area contributed by atoms with Gasteiger partial charge in [0.25, 0.3) is 0 Å². The molecule has 0 bridgehead atoms. The van der Waals surface area contributed by atoms with E-state index in [1.54, 1.807) is 12.1 Å². The molecule has 0 aliphatic carbocycles. The molecule has 4 heteroatoms. The summed E-state index contributed by atoms with van der Waals surface area (Å²) in [6, 6.07) is 3.50. The maximum atomic E-state index is 6.14. The van der Waals surface area contributed by atoms with E-state index in [1.807, 2.05) is 0 Å². The Bertz CT molecular complexity index is 374. The first-order valence-corrected chi connectivity index (χ1v) is 7.31. The molecular formula is C14H20Cl3N. The first-order valence-electron chi connectivity index (χ1n) is 6.18. The molecule has 1 N–H and O–H groups in total. The van der Waals surface area contributed by atoms with Gasteiger partial charge in [0.1, 0.15) is 0 Å². The minimum atomic E-state index is 0.176. The predicted molar refractivity (Wildman–Crippen MR) is 82.2 cm³/mol. The number of hydrogen-bond donors (Lipinski definition) is 1. The van der Waals surface area contributed by atoms with Gasteiger partial charge in [0.2, 0.25) is 0 Å². The topological polar surface area (TPSA) is 12.0 Å². The van der Waals surface area contributed by atoms with E-state index in [0.717, 1.165) is 31.4 Å². The average Bonchev–Trinajstić information content (AvgIpc) is 2.19. The SMILES string of the molecule is CC(C)(C)NCCCCc1c(Cl)cc(Cl)cc1Cl. The summed E-state index contributed by atoms with van der Waals surface area (Å²) in [4.78, 5) is 0. The van der Waals surface area contributed by atoms with Crippen molar-refractivity contribution in [3.05, 3.63) is 32.8 Å². The van der Waals surface area contributed by atoms with E-state index in [4.69, 9.17) is 34.8 Å². The van der Waals surface area contributed by atoms with Gasteiger partial charge < -0.3 is 5.32 Å². The molecule has 0 fully saturated rings. The Morgan fingerprint density at radius 2 is 1.56 bits per heavy atom. The summed E-state index contributed by atoms with van der Waals surface area (Å²) in [7, 11) is 0. The summed E-state index contributed by atoms with van der Waals surface area (Å²) in [5, 5.41) is 5.37. The van der Waals surface area contributed by atoms with E-state index in [2.05, 4.69) is 26.1 Å². The first kappa shape index (κ1) is 16.1. The molecule has 0 amide bonds. The van der Waals surface area contributed by atoms with Crippen molar-refractivity contribution >= 4 is 34.8 Å². The first-order chi connectivity index (χ1) is 8.29. The van der Waals surface area contributed by atoms with E-state index in [-0.39, 0.29) is 5.54 Å². The maximum Gasteiger partial charge on any atom is 0.0467 e. The Kier molecular flexibility index (Phi) is 6.26. The number of nitrogens with one attached hydrogen (secondary N) is 1. The molecule has 0 atom stereocenters. The van der Waals surface area contributed by atoms with Gasteiger partial charge in [-0.2, -0.15) is 0 Å². The van der Waals surface area contributed by atoms with Crippen LogP contribution in [0.2, 0.25) is 15.1 Å². The number of benzene rings is 1. The van der Waals surface area contributed by atoms with E-state index >= 15 is 0 Å². The summed E-state index contributed by atoms with van der Waals surface area (Å²) in [5.41, 5.74) is 1.17. The van der Waals surface area contributed by atoms with Crippen molar-refractivity contribution in [1.29, 1.82) is 0 Å². The molecule has 0 spiro atoms. The lowest BCUT2D eigenvalue weighted by atomic mass is 10.1. The van der Waals surface area contributed by atoms with Crippen molar-refractivity contribution in [2.24, 2.45) is 0 Å². The van der Waals surface area contributed by atoms with Gasteiger partial charge in [-0.15, -0.1) is 0 Å². The smallest absolute Gasteiger partial charge is 0.0467 e. The molecule has 0 heterocycles. The lowest BCUT2D eigenvalue weighted by molar-refractivity contribution is 0.419. The van der Waals surface area contributed by atoms with Gasteiger partial charge in [0.15, 0.2) is 0 Å². The number of rotatable bonds is 5. The lowest BCUT2D eigenvalue weighted by Gasteiger charge is -2.20. The molecule has 0 saturated heterocycles. The molecule has 102 valence electrons. The van der Waals surface area contributed by atoms with E-state index < -0.39 is 0 Å². The molecule has 0 saturated carbocycles. The third-order valence-corrected chi connectivity index (χ3v) is 3.51. The van der Waals surface area contributed by atoms with E-state index in [0.29, 0.717) is 15.1 Å². The molecule has 1 nitrogen and oxygen atoms in total. The van der Waals surface area contributed by atoms with Crippen LogP contribution < -0.4 is 5.32 Å². The normalized spacial score (nSPS) is 11.9. The molecular weight excluding hydrogens is 289 g/mol. The van der Waals surface area contributed by atoms with E-state index in [9.17, 15) is 0 Å². The van der Waals surface area contributed by atoms with Crippen LogP contribution >= 0.6 is 34.8 Å². The standard InChI is InChI=1S/C14H20Cl3N/c1-14(2,3)18-7-5-4-6-11-12(16)8-10(15)9-13(11)17/h8-9,18H,4-7H2,1-3H3. The monoisotopic (exact) mass is 307 g/mol. The number of unbranched alkanes of at least 4 members (excludes halogenated alkanes) is 1. The summed E-state index contributed by atoms with van der Waals surface area (Å²) in [6.45, 7) is 7.51. The summed E-state index contributed by atoms with van der Waals surface area (Å²) in [5.74, 6) is 0. The second-order valence-corrected chi connectivity index (χ2v) is 6.73. The molecule has 0 aliphatic rings. The van der Waals surface area contributed by atoms with Gasteiger partial charge >= 0.3 is 0 Å². The molecule has 1 aromatic carbocycles.